The lowest BCUT2D eigenvalue weighted by molar-refractivity contribution is 0.0988. The third kappa shape index (κ3) is 2.79. The number of carbonyl (C=O) groups is 1. The Labute approximate surface area is 98.7 Å². The first-order chi connectivity index (χ1) is 5.93. The van der Waals surface area contributed by atoms with E-state index in [9.17, 15) is 4.79 Å². The molecular formula is C9H7Br2ClO. The molecule has 0 aromatic heterocycles. The molecule has 0 aliphatic carbocycles. The predicted octanol–water partition coefficient (Wildman–Crippen LogP) is 4.03. The highest BCUT2D eigenvalue weighted by Gasteiger charge is 2.28. The summed E-state index contributed by atoms with van der Waals surface area (Å²) in [5.41, 5.74) is 0.514. The zero-order valence-corrected chi connectivity index (χ0v) is 10.8. The van der Waals surface area contributed by atoms with Gasteiger partial charge < -0.3 is 0 Å². The number of hydrogen-bond acceptors (Lipinski definition) is 1. The second kappa shape index (κ2) is 4.11. The van der Waals surface area contributed by atoms with Gasteiger partial charge in [0.05, 0.1) is 5.02 Å². The summed E-state index contributed by atoms with van der Waals surface area (Å²) in [6.07, 6.45) is 0. The summed E-state index contributed by atoms with van der Waals surface area (Å²) < 4.78 is -0.745. The molecule has 0 aliphatic rings. The van der Waals surface area contributed by atoms with Crippen LogP contribution in [0.2, 0.25) is 5.02 Å². The second-order valence-electron chi connectivity index (χ2n) is 2.70. The largest absolute Gasteiger partial charge is 0.292 e. The van der Waals surface area contributed by atoms with Crippen molar-refractivity contribution in [1.29, 1.82) is 0 Å². The Morgan fingerprint density at radius 2 is 1.92 bits per heavy atom. The van der Waals surface area contributed by atoms with Crippen LogP contribution >= 0.6 is 43.5 Å². The number of Topliss-reactive ketones (excluding diaryl/α,β-unsaturated/α-hetero) is 1. The zero-order valence-electron chi connectivity index (χ0n) is 6.85. The van der Waals surface area contributed by atoms with Gasteiger partial charge in [-0.05, 0) is 19.1 Å². The van der Waals surface area contributed by atoms with Gasteiger partial charge in [-0.15, -0.1) is 0 Å². The minimum absolute atomic E-state index is 0.0851. The normalized spacial score (nSPS) is 11.4. The topological polar surface area (TPSA) is 17.1 Å². The molecule has 4 heteroatoms. The van der Waals surface area contributed by atoms with E-state index >= 15 is 0 Å². The Bertz CT molecular complexity index is 331. The summed E-state index contributed by atoms with van der Waals surface area (Å²) in [6, 6.07) is 6.97. The van der Waals surface area contributed by atoms with Crippen molar-refractivity contribution in [3.8, 4) is 0 Å². The monoisotopic (exact) mass is 324 g/mol. The number of ketones is 1. The Kier molecular flexibility index (Phi) is 3.55. The SMILES string of the molecule is CC(Br)(Br)C(=O)c1ccccc1Cl. The molecule has 0 unspecified atom stereocenters. The summed E-state index contributed by atoms with van der Waals surface area (Å²) in [7, 11) is 0. The highest BCUT2D eigenvalue weighted by molar-refractivity contribution is 9.25. The number of carbonyl (C=O) groups excluding carboxylic acids is 1. The lowest BCUT2D eigenvalue weighted by Crippen LogP contribution is -2.20. The van der Waals surface area contributed by atoms with E-state index in [1.807, 2.05) is 0 Å². The van der Waals surface area contributed by atoms with E-state index in [1.54, 1.807) is 31.2 Å². The van der Waals surface area contributed by atoms with E-state index in [1.165, 1.54) is 0 Å². The number of benzene rings is 1. The van der Waals surface area contributed by atoms with E-state index in [2.05, 4.69) is 31.9 Å². The fourth-order valence-electron chi connectivity index (χ4n) is 0.882. The van der Waals surface area contributed by atoms with Gasteiger partial charge in [0.15, 0.2) is 5.78 Å². The number of hydrogen-bond donors (Lipinski definition) is 0. The molecule has 0 heterocycles. The average molecular weight is 326 g/mol. The minimum Gasteiger partial charge on any atom is -0.292 e. The molecule has 0 spiro atoms. The highest BCUT2D eigenvalue weighted by atomic mass is 79.9. The van der Waals surface area contributed by atoms with Gasteiger partial charge in [0.25, 0.3) is 0 Å². The van der Waals surface area contributed by atoms with Crippen molar-refractivity contribution in [2.45, 2.75) is 10.2 Å². The zero-order chi connectivity index (χ0) is 10.1. The van der Waals surface area contributed by atoms with Gasteiger partial charge in [-0.1, -0.05) is 55.6 Å². The van der Waals surface area contributed by atoms with E-state index in [0.29, 0.717) is 10.6 Å². The lowest BCUT2D eigenvalue weighted by atomic mass is 10.1. The van der Waals surface area contributed by atoms with Crippen molar-refractivity contribution >= 4 is 49.2 Å². The van der Waals surface area contributed by atoms with Gasteiger partial charge in [0.1, 0.15) is 3.23 Å². The van der Waals surface area contributed by atoms with E-state index < -0.39 is 3.23 Å². The van der Waals surface area contributed by atoms with Gasteiger partial charge in [0.2, 0.25) is 0 Å². The summed E-state index contributed by atoms with van der Waals surface area (Å²) in [4.78, 5) is 11.7. The molecule has 0 amide bonds. The predicted molar refractivity (Wildman–Crippen MR) is 62.0 cm³/mol. The fraction of sp³-hybridized carbons (Fsp3) is 0.222. The Morgan fingerprint density at radius 3 is 2.38 bits per heavy atom. The van der Waals surface area contributed by atoms with Crippen molar-refractivity contribution in [1.82, 2.24) is 0 Å². The van der Waals surface area contributed by atoms with Crippen LogP contribution in [-0.2, 0) is 0 Å². The van der Waals surface area contributed by atoms with Crippen molar-refractivity contribution in [3.63, 3.8) is 0 Å². The van der Waals surface area contributed by atoms with Gasteiger partial charge >= 0.3 is 0 Å². The van der Waals surface area contributed by atoms with Crippen LogP contribution in [0.3, 0.4) is 0 Å². The van der Waals surface area contributed by atoms with Crippen LogP contribution in [0.15, 0.2) is 24.3 Å². The Balaban J connectivity index is 3.10. The van der Waals surface area contributed by atoms with Gasteiger partial charge in [-0.2, -0.15) is 0 Å². The molecule has 0 aliphatic heterocycles. The van der Waals surface area contributed by atoms with Crippen LogP contribution in [-0.4, -0.2) is 9.02 Å². The molecule has 1 nitrogen and oxygen atoms in total. The fourth-order valence-corrected chi connectivity index (χ4v) is 1.53. The first-order valence-electron chi connectivity index (χ1n) is 3.60. The molecule has 1 aromatic carbocycles. The van der Waals surface area contributed by atoms with E-state index in [4.69, 9.17) is 11.6 Å². The van der Waals surface area contributed by atoms with E-state index in [-0.39, 0.29) is 5.78 Å². The van der Waals surface area contributed by atoms with Crippen LogP contribution in [0, 0.1) is 0 Å². The van der Waals surface area contributed by atoms with Crippen molar-refractivity contribution < 1.29 is 4.79 Å². The van der Waals surface area contributed by atoms with Crippen LogP contribution in [0.5, 0.6) is 0 Å². The standard InChI is InChI=1S/C9H7Br2ClO/c1-9(10,11)8(13)6-4-2-3-5-7(6)12/h2-5H,1H3. The molecule has 0 atom stereocenters. The van der Waals surface area contributed by atoms with Crippen LogP contribution in [0.4, 0.5) is 0 Å². The van der Waals surface area contributed by atoms with Gasteiger partial charge in [0, 0.05) is 5.56 Å². The summed E-state index contributed by atoms with van der Waals surface area (Å²) >= 11 is 12.3. The first-order valence-corrected chi connectivity index (χ1v) is 5.56. The number of rotatable bonds is 2. The molecule has 0 N–H and O–H groups in total. The molecule has 0 fully saturated rings. The van der Waals surface area contributed by atoms with Crippen LogP contribution in [0.1, 0.15) is 17.3 Å². The quantitative estimate of drug-likeness (QED) is 0.592. The first kappa shape index (κ1) is 11.2. The van der Waals surface area contributed by atoms with Crippen LogP contribution in [0.25, 0.3) is 0 Å². The second-order valence-corrected chi connectivity index (χ2v) is 7.34. The summed E-state index contributed by atoms with van der Waals surface area (Å²) in [6.45, 7) is 1.72. The molecule has 70 valence electrons. The maximum absolute atomic E-state index is 11.7. The average Bonchev–Trinajstić information content (AvgIpc) is 2.02. The third-order valence-electron chi connectivity index (χ3n) is 1.52. The number of alkyl halides is 2. The summed E-state index contributed by atoms with van der Waals surface area (Å²) in [5, 5.41) is 0.470. The molecule has 0 saturated heterocycles. The Hall–Kier alpha value is 0.140. The lowest BCUT2D eigenvalue weighted by Gasteiger charge is -2.13. The van der Waals surface area contributed by atoms with E-state index in [0.717, 1.165) is 0 Å². The number of halogens is 3. The Morgan fingerprint density at radius 1 is 1.38 bits per heavy atom. The highest BCUT2D eigenvalue weighted by Crippen LogP contribution is 2.31. The van der Waals surface area contributed by atoms with Gasteiger partial charge in [-0.25, -0.2) is 0 Å². The van der Waals surface area contributed by atoms with Gasteiger partial charge in [-0.3, -0.25) is 4.79 Å². The molecule has 1 rings (SSSR count). The van der Waals surface area contributed by atoms with Crippen molar-refractivity contribution in [3.05, 3.63) is 34.9 Å². The molecular weight excluding hydrogens is 319 g/mol. The molecule has 0 radical (unpaired) electrons. The van der Waals surface area contributed by atoms with Crippen molar-refractivity contribution in [2.24, 2.45) is 0 Å². The third-order valence-corrected chi connectivity index (χ3v) is 2.57. The maximum Gasteiger partial charge on any atom is 0.191 e. The van der Waals surface area contributed by atoms with Crippen LogP contribution < -0.4 is 0 Å². The summed E-state index contributed by atoms with van der Waals surface area (Å²) in [5.74, 6) is -0.0851. The molecule has 1 aromatic rings. The molecule has 0 bridgehead atoms. The molecule has 0 saturated carbocycles. The van der Waals surface area contributed by atoms with Crippen molar-refractivity contribution in [2.75, 3.05) is 0 Å². The maximum atomic E-state index is 11.7. The molecule has 13 heavy (non-hydrogen) atoms. The minimum atomic E-state index is -0.745. The smallest absolute Gasteiger partial charge is 0.191 e.